The van der Waals surface area contributed by atoms with Gasteiger partial charge in [-0.15, -0.1) is 0 Å². The number of likely N-dealkylation sites (N-methyl/N-ethyl adjacent to an activating group) is 1. The van der Waals surface area contributed by atoms with Gasteiger partial charge in [0.2, 0.25) is 0 Å². The number of amides is 1. The summed E-state index contributed by atoms with van der Waals surface area (Å²) in [6, 6.07) is 21.5. The van der Waals surface area contributed by atoms with Crippen molar-refractivity contribution < 1.29 is 32.5 Å². The van der Waals surface area contributed by atoms with E-state index in [1.807, 2.05) is 48.5 Å². The third-order valence-corrected chi connectivity index (χ3v) is 6.93. The molecule has 0 N–H and O–H groups in total. The molecule has 0 saturated heterocycles. The number of hydrogen-bond acceptors (Lipinski definition) is 7. The summed E-state index contributed by atoms with van der Waals surface area (Å²) < 4.78 is 41.5. The number of hydrogen-bond donors (Lipinski definition) is 0. The van der Waals surface area contributed by atoms with Crippen LogP contribution in [-0.2, 0) is 26.1 Å². The van der Waals surface area contributed by atoms with Crippen LogP contribution >= 0.6 is 0 Å². The van der Waals surface area contributed by atoms with Gasteiger partial charge in [0.15, 0.2) is 28.8 Å². The van der Waals surface area contributed by atoms with Crippen molar-refractivity contribution in [3.8, 4) is 23.0 Å². The molecule has 1 amide bonds. The van der Waals surface area contributed by atoms with Crippen LogP contribution in [0.3, 0.4) is 0 Å². The summed E-state index contributed by atoms with van der Waals surface area (Å²) in [5, 5.41) is 0. The van der Waals surface area contributed by atoms with E-state index >= 15 is 0 Å². The molecule has 4 aromatic rings. The van der Waals surface area contributed by atoms with E-state index in [1.165, 1.54) is 12.1 Å². The third kappa shape index (κ3) is 7.82. The lowest BCUT2D eigenvalue weighted by Crippen LogP contribution is -2.28. The first-order valence-corrected chi connectivity index (χ1v) is 13.6. The van der Waals surface area contributed by atoms with Crippen LogP contribution in [-0.4, -0.2) is 57.7 Å². The summed E-state index contributed by atoms with van der Waals surface area (Å²) in [5.41, 5.74) is 2.84. The number of rotatable bonds is 14. The molecule has 0 bridgehead atoms. The fraction of sp³-hybridized carbons (Fsp3) is 0.303. The highest BCUT2D eigenvalue weighted by atomic mass is 19.1. The standard InChI is InChI=1S/C33H37FN2O6/c1-35(16-15-23-9-12-28(38-2)31(18-23)40-4)33(37)30-14-11-27(42-30)22-36(20-24-7-6-8-26(34)17-24)21-25-10-13-29(39-3)32(19-25)41-5/h6-14,17-19H,15-16,20-22H2,1-5H3. The predicted molar refractivity (Wildman–Crippen MR) is 158 cm³/mol. The molecule has 1 aromatic heterocycles. The summed E-state index contributed by atoms with van der Waals surface area (Å²) in [6.45, 7) is 1.91. The van der Waals surface area contributed by atoms with Gasteiger partial charge in [-0.25, -0.2) is 4.39 Å². The fourth-order valence-electron chi connectivity index (χ4n) is 4.72. The zero-order valence-corrected chi connectivity index (χ0v) is 24.7. The molecule has 0 aliphatic heterocycles. The van der Waals surface area contributed by atoms with E-state index in [-0.39, 0.29) is 17.5 Å². The SMILES string of the molecule is COc1ccc(CCN(C)C(=O)c2ccc(CN(Cc3cccc(F)c3)Cc3ccc(OC)c(OC)c3)o2)cc1OC. The molecular formula is C33H37FN2O6. The van der Waals surface area contributed by atoms with Crippen molar-refractivity contribution in [1.82, 2.24) is 9.80 Å². The second-order valence-electron chi connectivity index (χ2n) is 9.90. The first kappa shape index (κ1) is 30.5. The van der Waals surface area contributed by atoms with Gasteiger partial charge < -0.3 is 28.3 Å². The molecule has 0 atom stereocenters. The zero-order chi connectivity index (χ0) is 30.1. The minimum absolute atomic E-state index is 0.210. The minimum Gasteiger partial charge on any atom is -0.493 e. The summed E-state index contributed by atoms with van der Waals surface area (Å²) in [6.07, 6.45) is 0.642. The molecule has 0 unspecified atom stereocenters. The lowest BCUT2D eigenvalue weighted by molar-refractivity contribution is 0.0760. The van der Waals surface area contributed by atoms with E-state index in [9.17, 15) is 9.18 Å². The number of furan rings is 1. The minimum atomic E-state index is -0.291. The Kier molecular flexibility index (Phi) is 10.4. The van der Waals surface area contributed by atoms with Gasteiger partial charge in [-0.1, -0.05) is 24.3 Å². The Balaban J connectivity index is 1.45. The molecule has 0 spiro atoms. The first-order valence-electron chi connectivity index (χ1n) is 13.6. The molecule has 0 radical (unpaired) electrons. The zero-order valence-electron chi connectivity index (χ0n) is 24.7. The van der Waals surface area contributed by atoms with Crippen molar-refractivity contribution in [2.45, 2.75) is 26.1 Å². The van der Waals surface area contributed by atoms with E-state index in [0.717, 1.165) is 16.7 Å². The molecule has 8 nitrogen and oxygen atoms in total. The van der Waals surface area contributed by atoms with Gasteiger partial charge in [-0.3, -0.25) is 9.69 Å². The number of ether oxygens (including phenoxy) is 4. The van der Waals surface area contributed by atoms with Crippen molar-refractivity contribution in [1.29, 1.82) is 0 Å². The van der Waals surface area contributed by atoms with Crippen LogP contribution in [0.4, 0.5) is 4.39 Å². The van der Waals surface area contributed by atoms with Gasteiger partial charge in [-0.2, -0.15) is 0 Å². The average molecular weight is 577 g/mol. The van der Waals surface area contributed by atoms with E-state index in [4.69, 9.17) is 23.4 Å². The van der Waals surface area contributed by atoms with Gasteiger partial charge in [0.05, 0.1) is 35.0 Å². The molecular weight excluding hydrogens is 539 g/mol. The number of halogens is 1. The molecule has 42 heavy (non-hydrogen) atoms. The van der Waals surface area contributed by atoms with Crippen LogP contribution in [0, 0.1) is 5.82 Å². The molecule has 4 rings (SSSR count). The lowest BCUT2D eigenvalue weighted by atomic mass is 10.1. The topological polar surface area (TPSA) is 73.6 Å². The van der Waals surface area contributed by atoms with Crippen LogP contribution in [0.15, 0.2) is 77.2 Å². The van der Waals surface area contributed by atoms with E-state index in [0.29, 0.717) is 61.4 Å². The number of carbonyl (C=O) groups excluding carboxylic acids is 1. The number of nitrogens with zero attached hydrogens (tertiary/aromatic N) is 2. The summed E-state index contributed by atoms with van der Waals surface area (Å²) in [5.74, 6) is 2.96. The van der Waals surface area contributed by atoms with Crippen LogP contribution in [0.2, 0.25) is 0 Å². The Bertz CT molecular complexity index is 1490. The van der Waals surface area contributed by atoms with Crippen molar-refractivity contribution in [2.75, 3.05) is 42.0 Å². The van der Waals surface area contributed by atoms with Crippen molar-refractivity contribution >= 4 is 5.91 Å². The summed E-state index contributed by atoms with van der Waals surface area (Å²) in [4.78, 5) is 16.9. The van der Waals surface area contributed by atoms with Gasteiger partial charge >= 0.3 is 0 Å². The van der Waals surface area contributed by atoms with E-state index in [1.54, 1.807) is 52.5 Å². The Morgan fingerprint density at radius 2 is 1.31 bits per heavy atom. The third-order valence-electron chi connectivity index (χ3n) is 6.93. The maximum atomic E-state index is 13.9. The monoisotopic (exact) mass is 576 g/mol. The van der Waals surface area contributed by atoms with Crippen LogP contribution in [0.5, 0.6) is 23.0 Å². The lowest BCUT2D eigenvalue weighted by Gasteiger charge is -2.22. The highest BCUT2D eigenvalue weighted by molar-refractivity contribution is 5.91. The Labute approximate surface area is 246 Å². The molecule has 0 fully saturated rings. The molecule has 9 heteroatoms. The largest absolute Gasteiger partial charge is 0.493 e. The average Bonchev–Trinajstić information content (AvgIpc) is 3.47. The smallest absolute Gasteiger partial charge is 0.289 e. The fourth-order valence-corrected chi connectivity index (χ4v) is 4.72. The maximum Gasteiger partial charge on any atom is 0.289 e. The van der Waals surface area contributed by atoms with Crippen molar-refractivity contribution in [3.63, 3.8) is 0 Å². The Morgan fingerprint density at radius 1 is 0.714 bits per heavy atom. The Morgan fingerprint density at radius 3 is 1.93 bits per heavy atom. The van der Waals surface area contributed by atoms with Crippen molar-refractivity contribution in [3.05, 3.63) is 107 Å². The van der Waals surface area contributed by atoms with Gasteiger partial charge in [0, 0.05) is 26.7 Å². The highest BCUT2D eigenvalue weighted by Gasteiger charge is 2.19. The highest BCUT2D eigenvalue weighted by Crippen LogP contribution is 2.29. The molecule has 1 heterocycles. The summed E-state index contributed by atoms with van der Waals surface area (Å²) in [7, 11) is 8.13. The molecule has 3 aromatic carbocycles. The number of methoxy groups -OCH3 is 4. The second kappa shape index (κ2) is 14.4. The maximum absolute atomic E-state index is 13.9. The number of benzene rings is 3. The molecule has 0 aliphatic rings. The van der Waals surface area contributed by atoms with Gasteiger partial charge in [0.1, 0.15) is 11.6 Å². The van der Waals surface area contributed by atoms with Crippen molar-refractivity contribution in [2.24, 2.45) is 0 Å². The predicted octanol–water partition coefficient (Wildman–Crippen LogP) is 5.97. The first-order chi connectivity index (χ1) is 20.3. The Hall–Kier alpha value is -4.50. The van der Waals surface area contributed by atoms with Crippen LogP contribution in [0.1, 0.15) is 33.0 Å². The molecule has 0 saturated carbocycles. The van der Waals surface area contributed by atoms with Crippen LogP contribution in [0.25, 0.3) is 0 Å². The van der Waals surface area contributed by atoms with Gasteiger partial charge in [0.25, 0.3) is 5.91 Å². The quantitative estimate of drug-likeness (QED) is 0.183. The normalized spacial score (nSPS) is 10.9. The molecule has 222 valence electrons. The number of carbonyl (C=O) groups is 1. The van der Waals surface area contributed by atoms with E-state index < -0.39 is 0 Å². The molecule has 0 aliphatic carbocycles. The second-order valence-corrected chi connectivity index (χ2v) is 9.90. The summed E-state index contributed by atoms with van der Waals surface area (Å²) >= 11 is 0. The van der Waals surface area contributed by atoms with Crippen LogP contribution < -0.4 is 18.9 Å². The van der Waals surface area contributed by atoms with Gasteiger partial charge in [-0.05, 0) is 71.6 Å². The van der Waals surface area contributed by atoms with E-state index in [2.05, 4.69) is 4.90 Å².